The zero-order valence-electron chi connectivity index (χ0n) is 13.6. The van der Waals surface area contributed by atoms with Gasteiger partial charge in [0, 0.05) is 11.1 Å². The molecule has 0 aliphatic carbocycles. The first-order valence-corrected chi connectivity index (χ1v) is 7.28. The summed E-state index contributed by atoms with van der Waals surface area (Å²) in [5.41, 5.74) is 2.08. The van der Waals surface area contributed by atoms with E-state index in [2.05, 4.69) is 5.16 Å². The highest BCUT2D eigenvalue weighted by Gasteiger charge is 2.21. The van der Waals surface area contributed by atoms with Gasteiger partial charge in [0.1, 0.15) is 23.7 Å². The monoisotopic (exact) mass is 317 g/mol. The minimum atomic E-state index is -0.504. The number of hydrogen-bond donors (Lipinski definition) is 0. The highest BCUT2D eigenvalue weighted by molar-refractivity contribution is 5.94. The van der Waals surface area contributed by atoms with Gasteiger partial charge in [-0.05, 0) is 38.5 Å². The Morgan fingerprint density at radius 2 is 2.04 bits per heavy atom. The van der Waals surface area contributed by atoms with Crippen LogP contribution in [0.15, 0.2) is 22.7 Å². The molecule has 0 amide bonds. The molecule has 0 saturated carbocycles. The maximum Gasteiger partial charge on any atom is 0.344 e. The van der Waals surface area contributed by atoms with Crippen LogP contribution in [-0.4, -0.2) is 24.0 Å². The van der Waals surface area contributed by atoms with E-state index in [1.165, 1.54) is 14.0 Å². The number of carbonyl (C=O) groups is 2. The number of methoxy groups -OCH3 is 1. The average Bonchev–Trinajstić information content (AvgIpc) is 2.93. The van der Waals surface area contributed by atoms with Gasteiger partial charge in [-0.15, -0.1) is 0 Å². The van der Waals surface area contributed by atoms with Crippen molar-refractivity contribution in [3.63, 3.8) is 0 Å². The van der Waals surface area contributed by atoms with Crippen molar-refractivity contribution < 1.29 is 23.6 Å². The number of carbonyl (C=O) groups excluding carboxylic acids is 2. The van der Waals surface area contributed by atoms with E-state index in [9.17, 15) is 9.59 Å². The maximum absolute atomic E-state index is 12.3. The number of ether oxygens (including phenoxy) is 2. The van der Waals surface area contributed by atoms with Gasteiger partial charge in [-0.25, -0.2) is 4.79 Å². The maximum atomic E-state index is 12.3. The Morgan fingerprint density at radius 3 is 2.65 bits per heavy atom. The summed E-state index contributed by atoms with van der Waals surface area (Å²) in [6.07, 6.45) is 0.574. The molecule has 1 heterocycles. The van der Waals surface area contributed by atoms with Gasteiger partial charge >= 0.3 is 5.97 Å². The minimum Gasteiger partial charge on any atom is -0.496 e. The van der Waals surface area contributed by atoms with E-state index in [1.54, 1.807) is 25.1 Å². The van der Waals surface area contributed by atoms with E-state index in [-0.39, 0.29) is 12.4 Å². The number of nitrogens with zero attached hydrogens (tertiary/aromatic N) is 1. The van der Waals surface area contributed by atoms with E-state index in [1.807, 2.05) is 6.92 Å². The van der Waals surface area contributed by atoms with E-state index in [0.717, 1.165) is 0 Å². The fraction of sp³-hybridized carbons (Fsp3) is 0.353. The Balaban J connectivity index is 2.20. The van der Waals surface area contributed by atoms with Crippen LogP contribution in [0.1, 0.15) is 51.6 Å². The molecular weight excluding hydrogens is 298 g/mol. The number of aryl methyl sites for hydroxylation is 2. The Bertz CT molecular complexity index is 733. The van der Waals surface area contributed by atoms with Crippen molar-refractivity contribution in [3.05, 3.63) is 46.3 Å². The van der Waals surface area contributed by atoms with Crippen LogP contribution >= 0.6 is 0 Å². The molecule has 0 unspecified atom stereocenters. The van der Waals surface area contributed by atoms with E-state index in [4.69, 9.17) is 14.0 Å². The summed E-state index contributed by atoms with van der Waals surface area (Å²) >= 11 is 0. The van der Waals surface area contributed by atoms with Gasteiger partial charge in [0.15, 0.2) is 5.78 Å². The molecule has 0 fully saturated rings. The molecule has 23 heavy (non-hydrogen) atoms. The third-order valence-corrected chi connectivity index (χ3v) is 3.52. The Kier molecular flexibility index (Phi) is 5.16. The van der Waals surface area contributed by atoms with E-state index in [0.29, 0.717) is 40.3 Å². The van der Waals surface area contributed by atoms with Gasteiger partial charge in [0.25, 0.3) is 0 Å². The second-order valence-corrected chi connectivity index (χ2v) is 5.07. The fourth-order valence-corrected chi connectivity index (χ4v) is 2.25. The van der Waals surface area contributed by atoms with Crippen LogP contribution in [-0.2, 0) is 17.8 Å². The molecule has 6 heteroatoms. The predicted molar refractivity (Wildman–Crippen MR) is 82.7 cm³/mol. The Hall–Kier alpha value is -2.63. The normalized spacial score (nSPS) is 10.4. The first-order valence-electron chi connectivity index (χ1n) is 7.28. The van der Waals surface area contributed by atoms with Gasteiger partial charge in [-0.3, -0.25) is 4.79 Å². The quantitative estimate of drug-likeness (QED) is 0.601. The molecule has 1 aromatic carbocycles. The zero-order valence-corrected chi connectivity index (χ0v) is 13.6. The highest BCUT2D eigenvalue weighted by Crippen LogP contribution is 2.22. The topological polar surface area (TPSA) is 78.6 Å². The van der Waals surface area contributed by atoms with Gasteiger partial charge in [-0.1, -0.05) is 12.1 Å². The third-order valence-electron chi connectivity index (χ3n) is 3.52. The van der Waals surface area contributed by atoms with Gasteiger partial charge < -0.3 is 14.0 Å². The summed E-state index contributed by atoms with van der Waals surface area (Å²) in [4.78, 5) is 23.7. The highest BCUT2D eigenvalue weighted by atomic mass is 16.5. The van der Waals surface area contributed by atoms with Gasteiger partial charge in [-0.2, -0.15) is 0 Å². The largest absolute Gasteiger partial charge is 0.496 e. The van der Waals surface area contributed by atoms with Crippen molar-refractivity contribution >= 4 is 11.8 Å². The number of rotatable bonds is 6. The van der Waals surface area contributed by atoms with Crippen LogP contribution in [0.2, 0.25) is 0 Å². The minimum absolute atomic E-state index is 0.00307. The molecule has 0 N–H and O–H groups in total. The van der Waals surface area contributed by atoms with Crippen molar-refractivity contribution in [3.8, 4) is 5.75 Å². The lowest BCUT2D eigenvalue weighted by Gasteiger charge is -2.10. The number of hydrogen-bond acceptors (Lipinski definition) is 6. The van der Waals surface area contributed by atoms with E-state index < -0.39 is 5.97 Å². The van der Waals surface area contributed by atoms with Crippen molar-refractivity contribution in [1.29, 1.82) is 0 Å². The molecule has 2 rings (SSSR count). The second kappa shape index (κ2) is 7.09. The second-order valence-electron chi connectivity index (χ2n) is 5.07. The van der Waals surface area contributed by atoms with E-state index >= 15 is 0 Å². The molecule has 1 aromatic heterocycles. The van der Waals surface area contributed by atoms with Crippen LogP contribution in [0.3, 0.4) is 0 Å². The van der Waals surface area contributed by atoms with Gasteiger partial charge in [0.2, 0.25) is 0 Å². The molecule has 0 spiro atoms. The number of ketones is 1. The average molecular weight is 317 g/mol. The van der Waals surface area contributed by atoms with Crippen LogP contribution < -0.4 is 4.74 Å². The molecule has 0 radical (unpaired) electrons. The SMILES string of the molecule is CCc1noc(C)c1C(=O)OCc1cc(C(C)=O)ccc1OC. The lowest BCUT2D eigenvalue weighted by Crippen LogP contribution is -2.09. The molecule has 0 atom stereocenters. The first kappa shape index (κ1) is 16.7. The standard InChI is InChI=1S/C17H19NO5/c1-5-14-16(11(3)23-18-14)17(20)22-9-13-8-12(10(2)19)6-7-15(13)21-4/h6-8H,5,9H2,1-4H3. The predicted octanol–water partition coefficient (Wildman–Crippen LogP) is 3.11. The van der Waals surface area contributed by atoms with Crippen molar-refractivity contribution in [1.82, 2.24) is 5.16 Å². The molecule has 0 aliphatic rings. The van der Waals surface area contributed by atoms with Crippen LogP contribution in [0.25, 0.3) is 0 Å². The fourth-order valence-electron chi connectivity index (χ4n) is 2.25. The third kappa shape index (κ3) is 3.59. The molecule has 122 valence electrons. The molecule has 6 nitrogen and oxygen atoms in total. The number of benzene rings is 1. The molecule has 0 aliphatic heterocycles. The number of esters is 1. The van der Waals surface area contributed by atoms with Gasteiger partial charge in [0.05, 0.1) is 12.8 Å². The lowest BCUT2D eigenvalue weighted by molar-refractivity contribution is 0.0467. The lowest BCUT2D eigenvalue weighted by atomic mass is 10.1. The Labute approximate surface area is 134 Å². The number of aromatic nitrogens is 1. The summed E-state index contributed by atoms with van der Waals surface area (Å²) in [6.45, 7) is 5.02. The molecule has 0 bridgehead atoms. The summed E-state index contributed by atoms with van der Waals surface area (Å²) in [5, 5.41) is 3.84. The Morgan fingerprint density at radius 1 is 1.30 bits per heavy atom. The van der Waals surface area contributed by atoms with Crippen LogP contribution in [0, 0.1) is 6.92 Å². The van der Waals surface area contributed by atoms with Crippen LogP contribution in [0.4, 0.5) is 0 Å². The summed E-state index contributed by atoms with van der Waals surface area (Å²) in [5.74, 6) is 0.413. The first-order chi connectivity index (χ1) is 11.0. The van der Waals surface area contributed by atoms with Crippen LogP contribution in [0.5, 0.6) is 5.75 Å². The molecule has 2 aromatic rings. The van der Waals surface area contributed by atoms with Crippen molar-refractivity contribution in [2.75, 3.05) is 7.11 Å². The summed E-state index contributed by atoms with van der Waals surface area (Å²) in [7, 11) is 1.52. The zero-order chi connectivity index (χ0) is 17.0. The molecular formula is C17H19NO5. The van der Waals surface area contributed by atoms with Crippen molar-refractivity contribution in [2.24, 2.45) is 0 Å². The summed E-state index contributed by atoms with van der Waals surface area (Å²) < 4.78 is 15.6. The van der Waals surface area contributed by atoms with Crippen molar-refractivity contribution in [2.45, 2.75) is 33.8 Å². The summed E-state index contributed by atoms with van der Waals surface area (Å²) in [6, 6.07) is 5.02. The molecule has 0 saturated heterocycles. The smallest absolute Gasteiger partial charge is 0.344 e. The number of Topliss-reactive ketones (excluding diaryl/α,β-unsaturated/α-hetero) is 1.